The van der Waals surface area contributed by atoms with Crippen LogP contribution in [0, 0.1) is 10.1 Å². The zero-order valence-electron chi connectivity index (χ0n) is 13.6. The molecule has 130 valence electrons. The molecule has 0 radical (unpaired) electrons. The van der Waals surface area contributed by atoms with E-state index in [0.29, 0.717) is 11.1 Å². The highest BCUT2D eigenvalue weighted by molar-refractivity contribution is 6.33. The van der Waals surface area contributed by atoms with Crippen LogP contribution in [0.5, 0.6) is 0 Å². The number of anilines is 1. The van der Waals surface area contributed by atoms with E-state index in [9.17, 15) is 14.9 Å². The Bertz CT molecular complexity index is 642. The first-order chi connectivity index (χ1) is 11.5. The van der Waals surface area contributed by atoms with E-state index in [-0.39, 0.29) is 17.6 Å². The van der Waals surface area contributed by atoms with Crippen LogP contribution in [0.3, 0.4) is 0 Å². The zero-order valence-corrected chi connectivity index (χ0v) is 14.3. The number of nitrogens with zero attached hydrogens (tertiary/aromatic N) is 3. The van der Waals surface area contributed by atoms with Crippen molar-refractivity contribution < 1.29 is 9.72 Å². The van der Waals surface area contributed by atoms with Crippen LogP contribution < -0.4 is 10.2 Å². The topological polar surface area (TPSA) is 78.7 Å². The average Bonchev–Trinajstić information content (AvgIpc) is 3.38. The number of halogens is 1. The molecule has 1 aromatic rings. The Kier molecular flexibility index (Phi) is 4.91. The molecule has 1 heterocycles. The number of carbonyl (C=O) groups excluding carboxylic acids is 1. The molecule has 1 amide bonds. The van der Waals surface area contributed by atoms with Crippen LogP contribution >= 0.6 is 11.6 Å². The van der Waals surface area contributed by atoms with Gasteiger partial charge in [-0.3, -0.25) is 19.8 Å². The number of non-ortho nitro benzene ring substituents is 1. The summed E-state index contributed by atoms with van der Waals surface area (Å²) in [6, 6.07) is 4.79. The van der Waals surface area contributed by atoms with Crippen LogP contribution in [0.4, 0.5) is 11.4 Å². The summed E-state index contributed by atoms with van der Waals surface area (Å²) in [6.07, 6.45) is 2.18. The Morgan fingerprint density at radius 1 is 1.33 bits per heavy atom. The monoisotopic (exact) mass is 352 g/mol. The largest absolute Gasteiger partial charge is 0.368 e. The predicted molar refractivity (Wildman–Crippen MR) is 92.5 cm³/mol. The maximum atomic E-state index is 12.1. The second kappa shape index (κ2) is 6.94. The van der Waals surface area contributed by atoms with Gasteiger partial charge in [-0.25, -0.2) is 0 Å². The molecule has 7 nitrogen and oxygen atoms in total. The average molecular weight is 353 g/mol. The number of amides is 1. The molecule has 0 bridgehead atoms. The van der Waals surface area contributed by atoms with Crippen molar-refractivity contribution >= 4 is 28.9 Å². The van der Waals surface area contributed by atoms with Crippen molar-refractivity contribution in [3.05, 3.63) is 33.3 Å². The minimum absolute atomic E-state index is 0.00671. The van der Waals surface area contributed by atoms with Gasteiger partial charge in [0.1, 0.15) is 0 Å². The molecular weight excluding hydrogens is 332 g/mol. The highest BCUT2D eigenvalue weighted by atomic mass is 35.5. The quantitative estimate of drug-likeness (QED) is 0.648. The smallest absolute Gasteiger partial charge is 0.271 e. The van der Waals surface area contributed by atoms with Crippen molar-refractivity contribution in [3.63, 3.8) is 0 Å². The van der Waals surface area contributed by atoms with Gasteiger partial charge in [0.2, 0.25) is 5.91 Å². The molecule has 1 aliphatic heterocycles. The molecule has 8 heteroatoms. The number of nitro benzene ring substituents is 1. The minimum atomic E-state index is -0.451. The minimum Gasteiger partial charge on any atom is -0.368 e. The zero-order chi connectivity index (χ0) is 17.3. The van der Waals surface area contributed by atoms with Crippen molar-refractivity contribution in [2.45, 2.75) is 31.8 Å². The molecule has 24 heavy (non-hydrogen) atoms. The van der Waals surface area contributed by atoms with Gasteiger partial charge in [-0.2, -0.15) is 0 Å². The normalized spacial score (nSPS) is 19.8. The first kappa shape index (κ1) is 17.0. The Morgan fingerprint density at radius 3 is 2.54 bits per heavy atom. The molecule has 1 N–H and O–H groups in total. The maximum Gasteiger partial charge on any atom is 0.271 e. The van der Waals surface area contributed by atoms with Gasteiger partial charge in [0.25, 0.3) is 5.69 Å². The molecule has 0 aromatic heterocycles. The lowest BCUT2D eigenvalue weighted by molar-refractivity contribution is -0.384. The van der Waals surface area contributed by atoms with Crippen LogP contribution in [-0.4, -0.2) is 54.0 Å². The third-order valence-electron chi connectivity index (χ3n) is 4.65. The predicted octanol–water partition coefficient (Wildman–Crippen LogP) is 2.04. The fraction of sp³-hybridized carbons (Fsp3) is 0.562. The van der Waals surface area contributed by atoms with Gasteiger partial charge in [-0.1, -0.05) is 11.6 Å². The van der Waals surface area contributed by atoms with Crippen LogP contribution in [-0.2, 0) is 4.79 Å². The molecular formula is C16H21ClN4O3. The van der Waals surface area contributed by atoms with E-state index in [4.69, 9.17) is 11.6 Å². The first-order valence-corrected chi connectivity index (χ1v) is 8.57. The number of hydrogen-bond acceptors (Lipinski definition) is 5. The van der Waals surface area contributed by atoms with Crippen molar-refractivity contribution in [2.75, 3.05) is 31.1 Å². The molecule has 1 unspecified atom stereocenters. The van der Waals surface area contributed by atoms with E-state index in [1.165, 1.54) is 12.1 Å². The lowest BCUT2D eigenvalue weighted by Crippen LogP contribution is -2.54. The van der Waals surface area contributed by atoms with Crippen LogP contribution in [0.25, 0.3) is 0 Å². The highest BCUT2D eigenvalue weighted by Crippen LogP contribution is 2.30. The van der Waals surface area contributed by atoms with Crippen LogP contribution in [0.2, 0.25) is 5.02 Å². The molecule has 1 aromatic carbocycles. The van der Waals surface area contributed by atoms with Crippen molar-refractivity contribution in [2.24, 2.45) is 0 Å². The lowest BCUT2D eigenvalue weighted by atomic mass is 10.2. The number of nitrogens with one attached hydrogen (secondary N) is 1. The number of piperazine rings is 1. The van der Waals surface area contributed by atoms with Gasteiger partial charge >= 0.3 is 0 Å². The molecule has 1 atom stereocenters. The van der Waals surface area contributed by atoms with Crippen LogP contribution in [0.1, 0.15) is 19.8 Å². The highest BCUT2D eigenvalue weighted by Gasteiger charge is 2.30. The summed E-state index contributed by atoms with van der Waals surface area (Å²) >= 11 is 6.20. The Balaban J connectivity index is 1.58. The van der Waals surface area contributed by atoms with E-state index in [1.54, 1.807) is 6.07 Å². The molecule has 2 aliphatic rings. The van der Waals surface area contributed by atoms with Gasteiger partial charge in [0, 0.05) is 44.4 Å². The number of benzene rings is 1. The van der Waals surface area contributed by atoms with E-state index >= 15 is 0 Å². The summed E-state index contributed by atoms with van der Waals surface area (Å²) < 4.78 is 0. The van der Waals surface area contributed by atoms with E-state index in [2.05, 4.69) is 15.1 Å². The molecule has 1 saturated heterocycles. The van der Waals surface area contributed by atoms with Crippen molar-refractivity contribution in [3.8, 4) is 0 Å². The van der Waals surface area contributed by atoms with Crippen molar-refractivity contribution in [1.82, 2.24) is 10.2 Å². The number of hydrogen-bond donors (Lipinski definition) is 1. The summed E-state index contributed by atoms with van der Waals surface area (Å²) in [4.78, 5) is 26.8. The summed E-state index contributed by atoms with van der Waals surface area (Å²) in [5.74, 6) is 0.0966. The molecule has 1 saturated carbocycles. The first-order valence-electron chi connectivity index (χ1n) is 8.19. The van der Waals surface area contributed by atoms with Gasteiger partial charge in [-0.05, 0) is 25.8 Å². The second-order valence-electron chi connectivity index (χ2n) is 6.37. The van der Waals surface area contributed by atoms with E-state index in [1.807, 2.05) is 6.92 Å². The maximum absolute atomic E-state index is 12.1. The summed E-state index contributed by atoms with van der Waals surface area (Å²) in [5.41, 5.74) is 0.796. The van der Waals surface area contributed by atoms with Gasteiger partial charge in [-0.15, -0.1) is 0 Å². The Hall–Kier alpha value is -1.86. The van der Waals surface area contributed by atoms with Gasteiger partial charge in [0.15, 0.2) is 0 Å². The lowest BCUT2D eigenvalue weighted by Gasteiger charge is -2.38. The third-order valence-corrected chi connectivity index (χ3v) is 4.95. The van der Waals surface area contributed by atoms with Crippen molar-refractivity contribution in [1.29, 1.82) is 0 Å². The standard InChI is InChI=1S/C16H21ClN4O3/c1-11(16(22)18-12-2-3-12)19-6-8-20(9-7-19)15-5-4-13(21(23)24)10-14(15)17/h4-5,10-12H,2-3,6-9H2,1H3,(H,18,22). The summed E-state index contributed by atoms with van der Waals surface area (Å²) in [6.45, 7) is 4.92. The molecule has 0 spiro atoms. The number of rotatable bonds is 5. The molecule has 1 aliphatic carbocycles. The SMILES string of the molecule is CC(C(=O)NC1CC1)N1CCN(c2ccc([N+](=O)[O-])cc2Cl)CC1. The van der Waals surface area contributed by atoms with E-state index < -0.39 is 4.92 Å². The Labute approximate surface area is 145 Å². The summed E-state index contributed by atoms with van der Waals surface area (Å²) in [5, 5.41) is 14.2. The summed E-state index contributed by atoms with van der Waals surface area (Å²) in [7, 11) is 0. The fourth-order valence-corrected chi connectivity index (χ4v) is 3.23. The molecule has 3 rings (SSSR count). The Morgan fingerprint density at radius 2 is 2.00 bits per heavy atom. The van der Waals surface area contributed by atoms with Gasteiger partial charge < -0.3 is 10.2 Å². The van der Waals surface area contributed by atoms with Gasteiger partial charge in [0.05, 0.1) is 21.7 Å². The number of carbonyl (C=O) groups is 1. The molecule has 2 fully saturated rings. The second-order valence-corrected chi connectivity index (χ2v) is 6.78. The van der Waals surface area contributed by atoms with Crippen LogP contribution in [0.15, 0.2) is 18.2 Å². The number of nitro groups is 1. The fourth-order valence-electron chi connectivity index (χ4n) is 2.93. The van der Waals surface area contributed by atoms with E-state index in [0.717, 1.165) is 44.7 Å². The third kappa shape index (κ3) is 3.79.